The van der Waals surface area contributed by atoms with Gasteiger partial charge in [0.1, 0.15) is 16.7 Å². The van der Waals surface area contributed by atoms with E-state index in [2.05, 4.69) is 12.2 Å². The Kier molecular flexibility index (Phi) is 7.36. The van der Waals surface area contributed by atoms with Crippen LogP contribution >= 0.6 is 23.4 Å². The van der Waals surface area contributed by atoms with Crippen molar-refractivity contribution in [1.29, 1.82) is 5.26 Å². The molecule has 34 heavy (non-hydrogen) atoms. The number of nitrogens with zero attached hydrogens (tertiary/aromatic N) is 2. The van der Waals surface area contributed by atoms with Gasteiger partial charge in [-0.1, -0.05) is 78.8 Å². The second-order valence-electron chi connectivity index (χ2n) is 7.71. The first-order valence-corrected chi connectivity index (χ1v) is 12.1. The molecule has 0 saturated carbocycles. The van der Waals surface area contributed by atoms with Gasteiger partial charge in [-0.25, -0.2) is 0 Å². The van der Waals surface area contributed by atoms with E-state index in [0.717, 1.165) is 17.5 Å². The predicted octanol–water partition coefficient (Wildman–Crippen LogP) is 5.97. The largest absolute Gasteiger partial charge is 0.321 e. The van der Waals surface area contributed by atoms with E-state index < -0.39 is 11.2 Å². The Hall–Kier alpha value is -3.53. The fourth-order valence-electron chi connectivity index (χ4n) is 3.68. The van der Waals surface area contributed by atoms with Crippen molar-refractivity contribution < 1.29 is 9.59 Å². The summed E-state index contributed by atoms with van der Waals surface area (Å²) in [6, 6.07) is 25.9. The summed E-state index contributed by atoms with van der Waals surface area (Å²) in [6.07, 6.45) is 1.27. The number of halogens is 1. The number of anilines is 2. The molecular weight excluding hydrogens is 466 g/mol. The number of rotatable bonds is 6. The van der Waals surface area contributed by atoms with Gasteiger partial charge in [-0.2, -0.15) is 5.26 Å². The first kappa shape index (κ1) is 23.6. The summed E-state index contributed by atoms with van der Waals surface area (Å²) in [6.45, 7) is 2.05. The van der Waals surface area contributed by atoms with Crippen LogP contribution in [0.25, 0.3) is 0 Å². The summed E-state index contributed by atoms with van der Waals surface area (Å²) >= 11 is 7.55. The van der Waals surface area contributed by atoms with Crippen LogP contribution in [0.1, 0.15) is 18.1 Å². The SMILES string of the molecule is CCc1ccc(NC(=O)C(C#N)=C2SC(Cc3ccccc3Cl)C(=O)N2c2ccccc2)cc1. The van der Waals surface area contributed by atoms with Gasteiger partial charge in [0.2, 0.25) is 5.91 Å². The molecule has 1 fully saturated rings. The van der Waals surface area contributed by atoms with Crippen molar-refractivity contribution in [3.05, 3.63) is 106 Å². The minimum Gasteiger partial charge on any atom is -0.321 e. The molecule has 0 bridgehead atoms. The summed E-state index contributed by atoms with van der Waals surface area (Å²) in [5.41, 5.74) is 3.06. The topological polar surface area (TPSA) is 73.2 Å². The van der Waals surface area contributed by atoms with E-state index in [4.69, 9.17) is 11.6 Å². The van der Waals surface area contributed by atoms with Gasteiger partial charge < -0.3 is 5.32 Å². The fourth-order valence-corrected chi connectivity index (χ4v) is 5.19. The monoisotopic (exact) mass is 487 g/mol. The molecule has 1 N–H and O–H groups in total. The van der Waals surface area contributed by atoms with Gasteiger partial charge in [-0.05, 0) is 54.3 Å². The van der Waals surface area contributed by atoms with Crippen LogP contribution in [0, 0.1) is 11.3 Å². The maximum Gasteiger partial charge on any atom is 0.269 e. The van der Waals surface area contributed by atoms with Gasteiger partial charge in [-0.15, -0.1) is 0 Å². The number of benzene rings is 3. The molecule has 1 atom stereocenters. The van der Waals surface area contributed by atoms with E-state index in [-0.39, 0.29) is 11.5 Å². The Morgan fingerprint density at radius 1 is 1.06 bits per heavy atom. The summed E-state index contributed by atoms with van der Waals surface area (Å²) < 4.78 is 0. The van der Waals surface area contributed by atoms with Crippen molar-refractivity contribution in [2.24, 2.45) is 0 Å². The maximum absolute atomic E-state index is 13.5. The predicted molar refractivity (Wildman–Crippen MR) is 138 cm³/mol. The van der Waals surface area contributed by atoms with Crippen molar-refractivity contribution in [1.82, 2.24) is 0 Å². The molecule has 1 saturated heterocycles. The van der Waals surface area contributed by atoms with Gasteiger partial charge in [0.05, 0.1) is 5.25 Å². The molecule has 3 aromatic rings. The lowest BCUT2D eigenvalue weighted by atomic mass is 10.1. The van der Waals surface area contributed by atoms with Crippen molar-refractivity contribution in [3.8, 4) is 6.07 Å². The number of nitriles is 1. The lowest BCUT2D eigenvalue weighted by Crippen LogP contribution is -2.30. The molecule has 0 aromatic heterocycles. The van der Waals surface area contributed by atoms with Gasteiger partial charge in [0.25, 0.3) is 5.91 Å². The highest BCUT2D eigenvalue weighted by Gasteiger charge is 2.41. The smallest absolute Gasteiger partial charge is 0.269 e. The zero-order valence-corrected chi connectivity index (χ0v) is 20.1. The number of carbonyl (C=O) groups is 2. The summed E-state index contributed by atoms with van der Waals surface area (Å²) in [5.74, 6) is -0.750. The van der Waals surface area contributed by atoms with E-state index in [9.17, 15) is 14.9 Å². The molecule has 5 nitrogen and oxygen atoms in total. The van der Waals surface area contributed by atoms with Gasteiger partial charge in [-0.3, -0.25) is 14.5 Å². The third-order valence-corrected chi connectivity index (χ3v) is 7.13. The molecular formula is C27H22ClN3O2S. The lowest BCUT2D eigenvalue weighted by molar-refractivity contribution is -0.117. The Bertz CT molecular complexity index is 1280. The first-order valence-electron chi connectivity index (χ1n) is 10.9. The van der Waals surface area contributed by atoms with E-state index in [1.54, 1.807) is 30.3 Å². The Balaban J connectivity index is 1.70. The molecule has 7 heteroatoms. The standard InChI is InChI=1S/C27H22ClN3O2S/c1-2-18-12-14-20(15-13-18)30-25(32)22(17-29)27-31(21-9-4-3-5-10-21)26(33)24(34-27)16-19-8-6-7-11-23(19)28/h3-15,24H,2,16H2,1H3,(H,30,32). The number of aryl methyl sites for hydroxylation is 1. The van der Waals surface area contributed by atoms with Gasteiger partial charge >= 0.3 is 0 Å². The molecule has 2 amide bonds. The molecule has 1 aliphatic heterocycles. The number of hydrogen-bond donors (Lipinski definition) is 1. The zero-order chi connectivity index (χ0) is 24.1. The van der Waals surface area contributed by atoms with Gasteiger partial charge in [0.15, 0.2) is 0 Å². The average Bonchev–Trinajstić information content (AvgIpc) is 3.17. The van der Waals surface area contributed by atoms with E-state index in [1.807, 2.05) is 54.6 Å². The van der Waals surface area contributed by atoms with Crippen molar-refractivity contribution in [2.75, 3.05) is 10.2 Å². The Labute approximate surface area is 208 Å². The second kappa shape index (κ2) is 10.6. The summed E-state index contributed by atoms with van der Waals surface area (Å²) in [4.78, 5) is 28.1. The third-order valence-electron chi connectivity index (χ3n) is 5.50. The second-order valence-corrected chi connectivity index (χ2v) is 9.31. The molecule has 0 radical (unpaired) electrons. The highest BCUT2D eigenvalue weighted by Crippen LogP contribution is 2.42. The number of carbonyl (C=O) groups excluding carboxylic acids is 2. The minimum atomic E-state index is -0.554. The number of hydrogen-bond acceptors (Lipinski definition) is 4. The van der Waals surface area contributed by atoms with Crippen LogP contribution in [0.4, 0.5) is 11.4 Å². The molecule has 1 heterocycles. The van der Waals surface area contributed by atoms with Gasteiger partial charge in [0, 0.05) is 16.4 Å². The quantitative estimate of drug-likeness (QED) is 0.343. The normalized spacial score (nSPS) is 16.8. The molecule has 0 spiro atoms. The molecule has 170 valence electrons. The highest BCUT2D eigenvalue weighted by molar-refractivity contribution is 8.05. The molecule has 3 aromatic carbocycles. The molecule has 1 aliphatic rings. The zero-order valence-electron chi connectivity index (χ0n) is 18.5. The van der Waals surface area contributed by atoms with E-state index >= 15 is 0 Å². The molecule has 0 aliphatic carbocycles. The highest BCUT2D eigenvalue weighted by atomic mass is 35.5. The first-order chi connectivity index (χ1) is 16.5. The van der Waals surface area contributed by atoms with Crippen molar-refractivity contribution in [3.63, 3.8) is 0 Å². The summed E-state index contributed by atoms with van der Waals surface area (Å²) in [7, 11) is 0. The molecule has 4 rings (SSSR count). The van der Waals surface area contributed by atoms with Crippen molar-refractivity contribution in [2.45, 2.75) is 25.0 Å². The van der Waals surface area contributed by atoms with Crippen LogP contribution in [0.5, 0.6) is 0 Å². The number of nitrogens with one attached hydrogen (secondary N) is 1. The van der Waals surface area contributed by atoms with Crippen LogP contribution in [0.15, 0.2) is 89.5 Å². The number of amides is 2. The summed E-state index contributed by atoms with van der Waals surface area (Å²) in [5, 5.41) is 13.1. The number of thioether (sulfide) groups is 1. The number of para-hydroxylation sites is 1. The fraction of sp³-hybridized carbons (Fsp3) is 0.148. The average molecular weight is 488 g/mol. The maximum atomic E-state index is 13.5. The third kappa shape index (κ3) is 5.01. The Morgan fingerprint density at radius 2 is 1.74 bits per heavy atom. The van der Waals surface area contributed by atoms with E-state index in [1.165, 1.54) is 16.7 Å². The van der Waals surface area contributed by atoms with Crippen LogP contribution in [0.3, 0.4) is 0 Å². The van der Waals surface area contributed by atoms with Crippen LogP contribution in [0.2, 0.25) is 5.02 Å². The van der Waals surface area contributed by atoms with Crippen LogP contribution in [-0.2, 0) is 22.4 Å². The van der Waals surface area contributed by atoms with Crippen LogP contribution < -0.4 is 10.2 Å². The minimum absolute atomic E-state index is 0.108. The van der Waals surface area contributed by atoms with E-state index in [0.29, 0.717) is 27.8 Å². The van der Waals surface area contributed by atoms with Crippen LogP contribution in [-0.4, -0.2) is 17.1 Å². The Morgan fingerprint density at radius 3 is 2.38 bits per heavy atom. The molecule has 1 unspecified atom stereocenters. The lowest BCUT2D eigenvalue weighted by Gasteiger charge is -2.18. The van der Waals surface area contributed by atoms with Crippen molar-refractivity contribution >= 4 is 46.6 Å².